The molecule has 1 aliphatic heterocycles. The van der Waals surface area contributed by atoms with Crippen LogP contribution in [0.25, 0.3) is 0 Å². The number of hydrogen-bond donors (Lipinski definition) is 2. The molecule has 2 aromatic rings. The van der Waals surface area contributed by atoms with E-state index in [1.54, 1.807) is 0 Å². The Bertz CT molecular complexity index is 688. The van der Waals surface area contributed by atoms with E-state index in [-0.39, 0.29) is 24.9 Å². The Morgan fingerprint density at radius 3 is 2.83 bits per heavy atom. The summed E-state index contributed by atoms with van der Waals surface area (Å²) in [6.45, 7) is 4.41. The second-order valence-corrected chi connectivity index (χ2v) is 5.59. The summed E-state index contributed by atoms with van der Waals surface area (Å²) < 4.78 is 5.49. The maximum Gasteiger partial charge on any atom is 0.258 e. The standard InChI is InChI=1S/C18H20N2O2.ClH/c1-13-3-2-4-17(7-13)22-12-18(21)20-9-14-5-6-15-10-19-11-16(15)8-14;/h2-8,19H,9-12H2,1H3,(H,20,21);1H. The molecular weight excluding hydrogens is 312 g/mol. The molecule has 23 heavy (non-hydrogen) atoms. The number of ether oxygens (including phenoxy) is 1. The topological polar surface area (TPSA) is 50.4 Å². The summed E-state index contributed by atoms with van der Waals surface area (Å²) in [5, 5.41) is 6.21. The third-order valence-corrected chi connectivity index (χ3v) is 3.75. The van der Waals surface area contributed by atoms with Gasteiger partial charge in [0.2, 0.25) is 0 Å². The van der Waals surface area contributed by atoms with Gasteiger partial charge in [0.1, 0.15) is 5.75 Å². The molecule has 3 rings (SSSR count). The van der Waals surface area contributed by atoms with E-state index in [0.29, 0.717) is 6.54 Å². The van der Waals surface area contributed by atoms with Crippen molar-refractivity contribution in [3.63, 3.8) is 0 Å². The maximum atomic E-state index is 11.9. The summed E-state index contributed by atoms with van der Waals surface area (Å²) in [4.78, 5) is 11.9. The number of halogens is 1. The van der Waals surface area contributed by atoms with Gasteiger partial charge in [-0.15, -0.1) is 12.4 Å². The monoisotopic (exact) mass is 332 g/mol. The highest BCUT2D eigenvalue weighted by Gasteiger charge is 2.10. The third kappa shape index (κ3) is 4.71. The van der Waals surface area contributed by atoms with E-state index in [0.717, 1.165) is 30.0 Å². The first kappa shape index (κ1) is 17.3. The molecule has 0 radical (unpaired) electrons. The van der Waals surface area contributed by atoms with Crippen molar-refractivity contribution < 1.29 is 9.53 Å². The van der Waals surface area contributed by atoms with Crippen molar-refractivity contribution >= 4 is 18.3 Å². The molecule has 0 aromatic heterocycles. The average molecular weight is 333 g/mol. The summed E-state index contributed by atoms with van der Waals surface area (Å²) >= 11 is 0. The highest BCUT2D eigenvalue weighted by atomic mass is 35.5. The Kier molecular flexibility index (Phi) is 6.02. The molecule has 0 saturated heterocycles. The molecule has 1 aliphatic rings. The second kappa shape index (κ2) is 7.99. The van der Waals surface area contributed by atoms with Gasteiger partial charge in [-0.25, -0.2) is 0 Å². The van der Waals surface area contributed by atoms with Crippen LogP contribution in [-0.2, 0) is 24.4 Å². The van der Waals surface area contributed by atoms with Gasteiger partial charge >= 0.3 is 0 Å². The molecule has 4 nitrogen and oxygen atoms in total. The Balaban J connectivity index is 0.00000192. The lowest BCUT2D eigenvalue weighted by atomic mass is 10.1. The van der Waals surface area contributed by atoms with Gasteiger partial charge in [-0.05, 0) is 41.3 Å². The SMILES string of the molecule is Cc1cccc(OCC(=O)NCc2ccc3c(c2)CNC3)c1.Cl. The lowest BCUT2D eigenvalue weighted by Crippen LogP contribution is -2.28. The molecule has 0 spiro atoms. The van der Waals surface area contributed by atoms with Gasteiger partial charge in [-0.1, -0.05) is 30.3 Å². The molecule has 0 fully saturated rings. The summed E-state index contributed by atoms with van der Waals surface area (Å²) in [7, 11) is 0. The van der Waals surface area contributed by atoms with Gasteiger partial charge in [0.15, 0.2) is 6.61 Å². The van der Waals surface area contributed by atoms with Crippen LogP contribution < -0.4 is 15.4 Å². The van der Waals surface area contributed by atoms with Crippen LogP contribution in [0.2, 0.25) is 0 Å². The molecule has 1 amide bonds. The van der Waals surface area contributed by atoms with Crippen molar-refractivity contribution in [3.8, 4) is 5.75 Å². The number of nitrogens with one attached hydrogen (secondary N) is 2. The number of fused-ring (bicyclic) bond motifs is 1. The van der Waals surface area contributed by atoms with Crippen LogP contribution in [0, 0.1) is 6.92 Å². The molecule has 2 aromatic carbocycles. The highest BCUT2D eigenvalue weighted by molar-refractivity contribution is 5.85. The van der Waals surface area contributed by atoms with E-state index in [9.17, 15) is 4.79 Å². The first-order valence-electron chi connectivity index (χ1n) is 7.48. The predicted octanol–water partition coefficient (Wildman–Crippen LogP) is 2.72. The van der Waals surface area contributed by atoms with Gasteiger partial charge < -0.3 is 15.4 Å². The third-order valence-electron chi connectivity index (χ3n) is 3.75. The number of rotatable bonds is 5. The summed E-state index contributed by atoms with van der Waals surface area (Å²) in [5.41, 5.74) is 4.90. The molecular formula is C18H21ClN2O2. The lowest BCUT2D eigenvalue weighted by Gasteiger charge is -2.09. The fourth-order valence-electron chi connectivity index (χ4n) is 2.56. The van der Waals surface area contributed by atoms with E-state index in [4.69, 9.17) is 4.74 Å². The minimum atomic E-state index is -0.111. The minimum Gasteiger partial charge on any atom is -0.484 e. The van der Waals surface area contributed by atoms with Crippen molar-refractivity contribution in [2.75, 3.05) is 6.61 Å². The molecule has 0 unspecified atom stereocenters. The molecule has 1 heterocycles. The van der Waals surface area contributed by atoms with E-state index in [1.807, 2.05) is 31.2 Å². The normalized spacial score (nSPS) is 12.2. The fraction of sp³-hybridized carbons (Fsp3) is 0.278. The van der Waals surface area contributed by atoms with E-state index in [1.165, 1.54) is 11.1 Å². The molecule has 0 atom stereocenters. The van der Waals surface area contributed by atoms with Crippen molar-refractivity contribution in [3.05, 3.63) is 64.7 Å². The Labute approximate surface area is 142 Å². The number of hydrogen-bond acceptors (Lipinski definition) is 3. The van der Waals surface area contributed by atoms with Crippen LogP contribution >= 0.6 is 12.4 Å². The first-order chi connectivity index (χ1) is 10.7. The number of carbonyl (C=O) groups is 1. The first-order valence-corrected chi connectivity index (χ1v) is 7.48. The van der Waals surface area contributed by atoms with Gasteiger partial charge in [0.25, 0.3) is 5.91 Å². The van der Waals surface area contributed by atoms with Crippen molar-refractivity contribution in [1.82, 2.24) is 10.6 Å². The Morgan fingerprint density at radius 2 is 2.00 bits per heavy atom. The van der Waals surface area contributed by atoms with Crippen molar-refractivity contribution in [1.29, 1.82) is 0 Å². The minimum absolute atomic E-state index is 0. The molecule has 0 aliphatic carbocycles. The van der Waals surface area contributed by atoms with Gasteiger partial charge in [0, 0.05) is 19.6 Å². The predicted molar refractivity (Wildman–Crippen MR) is 92.8 cm³/mol. The number of aryl methyl sites for hydroxylation is 1. The molecule has 2 N–H and O–H groups in total. The Hall–Kier alpha value is -2.04. The zero-order valence-electron chi connectivity index (χ0n) is 13.1. The van der Waals surface area contributed by atoms with Crippen LogP contribution in [0.1, 0.15) is 22.3 Å². The molecule has 0 bridgehead atoms. The van der Waals surface area contributed by atoms with Crippen LogP contribution in [0.4, 0.5) is 0 Å². The van der Waals surface area contributed by atoms with Gasteiger partial charge in [-0.2, -0.15) is 0 Å². The average Bonchev–Trinajstić information content (AvgIpc) is 2.98. The molecule has 122 valence electrons. The highest BCUT2D eigenvalue weighted by Crippen LogP contribution is 2.17. The van der Waals surface area contributed by atoms with Gasteiger partial charge in [0.05, 0.1) is 0 Å². The fourth-order valence-corrected chi connectivity index (χ4v) is 2.56. The van der Waals surface area contributed by atoms with E-state index >= 15 is 0 Å². The number of carbonyl (C=O) groups excluding carboxylic acids is 1. The maximum absolute atomic E-state index is 11.9. The van der Waals surface area contributed by atoms with Crippen LogP contribution in [0.15, 0.2) is 42.5 Å². The van der Waals surface area contributed by atoms with Crippen LogP contribution in [0.3, 0.4) is 0 Å². The quantitative estimate of drug-likeness (QED) is 0.885. The van der Waals surface area contributed by atoms with Crippen molar-refractivity contribution in [2.45, 2.75) is 26.6 Å². The number of amides is 1. The summed E-state index contributed by atoms with van der Waals surface area (Å²) in [6.07, 6.45) is 0. The van der Waals surface area contributed by atoms with Crippen molar-refractivity contribution in [2.24, 2.45) is 0 Å². The lowest BCUT2D eigenvalue weighted by molar-refractivity contribution is -0.123. The largest absolute Gasteiger partial charge is 0.484 e. The van der Waals surface area contributed by atoms with Crippen LogP contribution in [0.5, 0.6) is 5.75 Å². The summed E-state index contributed by atoms with van der Waals surface area (Å²) in [6, 6.07) is 14.0. The van der Waals surface area contributed by atoms with E-state index in [2.05, 4.69) is 28.8 Å². The molecule has 5 heteroatoms. The van der Waals surface area contributed by atoms with E-state index < -0.39 is 0 Å². The zero-order chi connectivity index (χ0) is 15.4. The number of benzene rings is 2. The smallest absolute Gasteiger partial charge is 0.258 e. The Morgan fingerprint density at radius 1 is 1.17 bits per heavy atom. The zero-order valence-corrected chi connectivity index (χ0v) is 13.9. The second-order valence-electron chi connectivity index (χ2n) is 5.59. The summed E-state index contributed by atoms with van der Waals surface area (Å²) in [5.74, 6) is 0.610. The molecule has 0 saturated carbocycles. The van der Waals surface area contributed by atoms with Gasteiger partial charge in [-0.3, -0.25) is 4.79 Å². The van der Waals surface area contributed by atoms with Crippen LogP contribution in [-0.4, -0.2) is 12.5 Å².